The normalized spacial score (nSPS) is 12.6. The Labute approximate surface area is 106 Å². The van der Waals surface area contributed by atoms with Crippen molar-refractivity contribution in [1.29, 1.82) is 0 Å². The molecular weight excluding hydrogens is 240 g/mol. The fourth-order valence-electron chi connectivity index (χ4n) is 1.55. The minimum atomic E-state index is -0.946. The highest BCUT2D eigenvalue weighted by Crippen LogP contribution is 2.24. The van der Waals surface area contributed by atoms with Crippen molar-refractivity contribution in [1.82, 2.24) is 0 Å². The van der Waals surface area contributed by atoms with E-state index in [1.807, 2.05) is 0 Å². The maximum Gasteiger partial charge on any atom is 0.166 e. The first-order valence-electron chi connectivity index (χ1n) is 5.49. The molecule has 0 amide bonds. The van der Waals surface area contributed by atoms with Crippen LogP contribution in [0, 0.1) is 5.92 Å². The molecule has 94 valence electrons. The van der Waals surface area contributed by atoms with Gasteiger partial charge in [0, 0.05) is 17.0 Å². The zero-order chi connectivity index (χ0) is 13.0. The first-order valence-corrected chi connectivity index (χ1v) is 5.86. The van der Waals surface area contributed by atoms with Gasteiger partial charge in [0.1, 0.15) is 11.9 Å². The zero-order valence-electron chi connectivity index (χ0n) is 10.2. The third-order valence-corrected chi connectivity index (χ3v) is 2.80. The standard InChI is InChI=1S/C13H17ClO3/c1-8(2)13(16)11(15)7-9-6-10(14)4-5-12(9)17-3/h4-6,8,13,16H,7H2,1-3H3. The predicted octanol–water partition coefficient (Wildman–Crippen LogP) is 2.48. The molecule has 0 fully saturated rings. The minimum absolute atomic E-state index is 0.0901. The van der Waals surface area contributed by atoms with Gasteiger partial charge in [0.15, 0.2) is 5.78 Å². The van der Waals surface area contributed by atoms with Crippen LogP contribution in [0.3, 0.4) is 0 Å². The largest absolute Gasteiger partial charge is 0.496 e. The van der Waals surface area contributed by atoms with E-state index < -0.39 is 6.10 Å². The second kappa shape index (κ2) is 6.03. The molecule has 17 heavy (non-hydrogen) atoms. The van der Waals surface area contributed by atoms with Crippen LogP contribution in [0.5, 0.6) is 5.75 Å². The van der Waals surface area contributed by atoms with Crippen LogP contribution in [0.4, 0.5) is 0 Å². The van der Waals surface area contributed by atoms with Gasteiger partial charge < -0.3 is 9.84 Å². The summed E-state index contributed by atoms with van der Waals surface area (Å²) in [6.07, 6.45) is -0.818. The number of benzene rings is 1. The first-order chi connectivity index (χ1) is 7.95. The second-order valence-electron chi connectivity index (χ2n) is 4.29. The van der Waals surface area contributed by atoms with E-state index >= 15 is 0 Å². The molecule has 0 radical (unpaired) electrons. The lowest BCUT2D eigenvalue weighted by Crippen LogP contribution is -2.27. The molecule has 0 aliphatic heterocycles. The number of Topliss-reactive ketones (excluding diaryl/α,β-unsaturated/α-hetero) is 1. The molecule has 1 N–H and O–H groups in total. The van der Waals surface area contributed by atoms with E-state index in [-0.39, 0.29) is 18.1 Å². The number of ketones is 1. The maximum atomic E-state index is 11.8. The summed E-state index contributed by atoms with van der Waals surface area (Å²) in [5.74, 6) is 0.298. The Morgan fingerprint density at radius 2 is 2.12 bits per heavy atom. The fraction of sp³-hybridized carbons (Fsp3) is 0.462. The average Bonchev–Trinajstić information content (AvgIpc) is 2.28. The highest BCUT2D eigenvalue weighted by atomic mass is 35.5. The van der Waals surface area contributed by atoms with E-state index in [4.69, 9.17) is 16.3 Å². The van der Waals surface area contributed by atoms with E-state index in [1.54, 1.807) is 32.0 Å². The molecule has 4 heteroatoms. The minimum Gasteiger partial charge on any atom is -0.496 e. The number of ether oxygens (including phenoxy) is 1. The molecule has 1 atom stereocenters. The summed E-state index contributed by atoms with van der Waals surface area (Å²) in [7, 11) is 1.54. The van der Waals surface area contributed by atoms with Gasteiger partial charge in [-0.05, 0) is 24.1 Å². The third-order valence-electron chi connectivity index (χ3n) is 2.57. The average molecular weight is 257 g/mol. The lowest BCUT2D eigenvalue weighted by Gasteiger charge is -2.14. The Bertz CT molecular complexity index is 402. The molecule has 0 saturated heterocycles. The number of carbonyl (C=O) groups excluding carboxylic acids is 1. The number of carbonyl (C=O) groups is 1. The number of hydrogen-bond acceptors (Lipinski definition) is 3. The molecule has 3 nitrogen and oxygen atoms in total. The van der Waals surface area contributed by atoms with Gasteiger partial charge in [0.25, 0.3) is 0 Å². The van der Waals surface area contributed by atoms with Crippen molar-refractivity contribution < 1.29 is 14.6 Å². The van der Waals surface area contributed by atoms with Gasteiger partial charge in [-0.3, -0.25) is 4.79 Å². The van der Waals surface area contributed by atoms with Crippen molar-refractivity contribution >= 4 is 17.4 Å². The quantitative estimate of drug-likeness (QED) is 0.880. The van der Waals surface area contributed by atoms with Crippen molar-refractivity contribution in [2.24, 2.45) is 5.92 Å². The van der Waals surface area contributed by atoms with Gasteiger partial charge in [-0.2, -0.15) is 0 Å². The molecule has 1 rings (SSSR count). The topological polar surface area (TPSA) is 46.5 Å². The van der Waals surface area contributed by atoms with Gasteiger partial charge in [-0.25, -0.2) is 0 Å². The highest BCUT2D eigenvalue weighted by Gasteiger charge is 2.20. The van der Waals surface area contributed by atoms with Crippen molar-refractivity contribution in [3.05, 3.63) is 28.8 Å². The SMILES string of the molecule is COc1ccc(Cl)cc1CC(=O)C(O)C(C)C. The Morgan fingerprint density at radius 3 is 2.65 bits per heavy atom. The summed E-state index contributed by atoms with van der Waals surface area (Å²) in [5, 5.41) is 10.2. The number of aliphatic hydroxyl groups is 1. The van der Waals surface area contributed by atoms with E-state index in [9.17, 15) is 9.90 Å². The summed E-state index contributed by atoms with van der Waals surface area (Å²) < 4.78 is 5.15. The predicted molar refractivity (Wildman–Crippen MR) is 67.6 cm³/mol. The monoisotopic (exact) mass is 256 g/mol. The summed E-state index contributed by atoms with van der Waals surface area (Å²) in [6, 6.07) is 5.10. The first kappa shape index (κ1) is 14.0. The lowest BCUT2D eigenvalue weighted by molar-refractivity contribution is -0.128. The van der Waals surface area contributed by atoms with Crippen molar-refractivity contribution in [3.8, 4) is 5.75 Å². The Kier molecular flexibility index (Phi) is 4.97. The highest BCUT2D eigenvalue weighted by molar-refractivity contribution is 6.30. The Morgan fingerprint density at radius 1 is 1.47 bits per heavy atom. The molecule has 0 aromatic heterocycles. The second-order valence-corrected chi connectivity index (χ2v) is 4.72. The zero-order valence-corrected chi connectivity index (χ0v) is 11.0. The number of aliphatic hydroxyl groups excluding tert-OH is 1. The van der Waals surface area contributed by atoms with E-state index in [0.29, 0.717) is 16.3 Å². The van der Waals surface area contributed by atoms with E-state index in [1.165, 1.54) is 7.11 Å². The molecule has 0 bridgehead atoms. The van der Waals surface area contributed by atoms with Gasteiger partial charge in [-0.1, -0.05) is 25.4 Å². The summed E-state index contributed by atoms with van der Waals surface area (Å²) >= 11 is 5.87. The van der Waals surface area contributed by atoms with Gasteiger partial charge in [0.2, 0.25) is 0 Å². The van der Waals surface area contributed by atoms with Crippen LogP contribution in [0.2, 0.25) is 5.02 Å². The molecule has 1 unspecified atom stereocenters. The van der Waals surface area contributed by atoms with Crippen LogP contribution >= 0.6 is 11.6 Å². The summed E-state index contributed by atoms with van der Waals surface area (Å²) in [4.78, 5) is 11.8. The molecule has 0 aliphatic carbocycles. The van der Waals surface area contributed by atoms with Crippen molar-refractivity contribution in [2.45, 2.75) is 26.4 Å². The molecule has 1 aromatic carbocycles. The number of hydrogen-bond donors (Lipinski definition) is 1. The Hall–Kier alpha value is -1.06. The fourth-order valence-corrected chi connectivity index (χ4v) is 1.74. The molecule has 0 heterocycles. The van der Waals surface area contributed by atoms with Crippen LogP contribution in [-0.4, -0.2) is 24.1 Å². The smallest absolute Gasteiger partial charge is 0.166 e. The number of halogens is 1. The third kappa shape index (κ3) is 3.72. The molecule has 0 saturated carbocycles. The molecular formula is C13H17ClO3. The van der Waals surface area contributed by atoms with Crippen LogP contribution in [0.25, 0.3) is 0 Å². The lowest BCUT2D eigenvalue weighted by atomic mass is 9.97. The summed E-state index contributed by atoms with van der Waals surface area (Å²) in [6.45, 7) is 3.61. The number of rotatable bonds is 5. The number of methoxy groups -OCH3 is 1. The van der Waals surface area contributed by atoms with Crippen molar-refractivity contribution in [3.63, 3.8) is 0 Å². The maximum absolute atomic E-state index is 11.8. The van der Waals surface area contributed by atoms with Crippen LogP contribution in [0.1, 0.15) is 19.4 Å². The molecule has 0 spiro atoms. The van der Waals surface area contributed by atoms with E-state index in [0.717, 1.165) is 0 Å². The molecule has 1 aromatic rings. The van der Waals surface area contributed by atoms with E-state index in [2.05, 4.69) is 0 Å². The van der Waals surface area contributed by atoms with Crippen LogP contribution < -0.4 is 4.74 Å². The van der Waals surface area contributed by atoms with Crippen LogP contribution in [-0.2, 0) is 11.2 Å². The van der Waals surface area contributed by atoms with Crippen LogP contribution in [0.15, 0.2) is 18.2 Å². The van der Waals surface area contributed by atoms with Gasteiger partial charge >= 0.3 is 0 Å². The summed E-state index contributed by atoms with van der Waals surface area (Å²) in [5.41, 5.74) is 0.699. The van der Waals surface area contributed by atoms with Gasteiger partial charge in [-0.15, -0.1) is 0 Å². The Balaban J connectivity index is 2.87. The van der Waals surface area contributed by atoms with Gasteiger partial charge in [0.05, 0.1) is 7.11 Å². The molecule has 0 aliphatic rings. The van der Waals surface area contributed by atoms with Crippen molar-refractivity contribution in [2.75, 3.05) is 7.11 Å².